The van der Waals surface area contributed by atoms with Gasteiger partial charge in [0.25, 0.3) is 15.9 Å². The normalized spacial score (nSPS) is 13.6. The van der Waals surface area contributed by atoms with Gasteiger partial charge in [-0.25, -0.2) is 8.42 Å². The standard InChI is InChI=1S/C24H26N2O4S/c1-2-3-6-18-9-12-21(13-10-18)31(28,29)25-20-11-14-22-19(17-20)7-4-15-26(22)24(27)23-8-5-16-30-23/h5,8-14,16-17,25H,2-4,6-7,15H2,1H3. The first kappa shape index (κ1) is 21.2. The molecule has 1 aromatic heterocycles. The third-order valence-electron chi connectivity index (χ3n) is 5.48. The summed E-state index contributed by atoms with van der Waals surface area (Å²) in [6, 6.07) is 15.7. The van der Waals surface area contributed by atoms with Crippen LogP contribution in [0.2, 0.25) is 0 Å². The molecule has 7 heteroatoms. The van der Waals surface area contributed by atoms with Crippen LogP contribution >= 0.6 is 0 Å². The molecule has 6 nitrogen and oxygen atoms in total. The third kappa shape index (κ3) is 4.66. The van der Waals surface area contributed by atoms with Crippen molar-refractivity contribution < 1.29 is 17.6 Å². The summed E-state index contributed by atoms with van der Waals surface area (Å²) in [4.78, 5) is 14.7. The molecule has 0 unspecified atom stereocenters. The summed E-state index contributed by atoms with van der Waals surface area (Å²) in [7, 11) is -3.69. The maximum atomic E-state index is 12.8. The minimum Gasteiger partial charge on any atom is -0.459 e. The largest absolute Gasteiger partial charge is 0.459 e. The number of hydrogen-bond donors (Lipinski definition) is 1. The van der Waals surface area contributed by atoms with Gasteiger partial charge in [-0.05, 0) is 79.3 Å². The molecule has 0 saturated heterocycles. The predicted octanol–water partition coefficient (Wildman–Crippen LogP) is 5.02. The van der Waals surface area contributed by atoms with Crippen molar-refractivity contribution in [1.29, 1.82) is 0 Å². The molecule has 0 aliphatic carbocycles. The fourth-order valence-electron chi connectivity index (χ4n) is 3.84. The molecule has 0 saturated carbocycles. The second-order valence-electron chi connectivity index (χ2n) is 7.73. The first-order valence-corrected chi connectivity index (χ1v) is 12.1. The molecule has 0 radical (unpaired) electrons. The SMILES string of the molecule is CCCCc1ccc(S(=O)(=O)Nc2ccc3c(c2)CCCN3C(=O)c2ccco2)cc1. The molecule has 1 amide bonds. The second-order valence-corrected chi connectivity index (χ2v) is 9.42. The number of furan rings is 1. The summed E-state index contributed by atoms with van der Waals surface area (Å²) >= 11 is 0. The molecular formula is C24H26N2O4S. The van der Waals surface area contributed by atoms with Crippen molar-refractivity contribution in [3.05, 3.63) is 77.7 Å². The minimum absolute atomic E-state index is 0.192. The van der Waals surface area contributed by atoms with Crippen molar-refractivity contribution in [2.45, 2.75) is 43.9 Å². The van der Waals surface area contributed by atoms with Gasteiger partial charge in [-0.2, -0.15) is 0 Å². The van der Waals surface area contributed by atoms with Crippen LogP contribution in [0.1, 0.15) is 47.9 Å². The smallest absolute Gasteiger partial charge is 0.293 e. The molecule has 1 aliphatic heterocycles. The minimum atomic E-state index is -3.69. The number of hydrogen-bond acceptors (Lipinski definition) is 4. The number of anilines is 2. The Morgan fingerprint density at radius 1 is 1.13 bits per heavy atom. The first-order valence-electron chi connectivity index (χ1n) is 10.6. The van der Waals surface area contributed by atoms with Crippen LogP contribution in [0, 0.1) is 0 Å². The van der Waals surface area contributed by atoms with Crippen molar-refractivity contribution in [3.8, 4) is 0 Å². The summed E-state index contributed by atoms with van der Waals surface area (Å²) in [5, 5.41) is 0. The maximum absolute atomic E-state index is 12.8. The Hall–Kier alpha value is -3.06. The predicted molar refractivity (Wildman–Crippen MR) is 121 cm³/mol. The Labute approximate surface area is 182 Å². The zero-order valence-electron chi connectivity index (χ0n) is 17.5. The van der Waals surface area contributed by atoms with Gasteiger partial charge in [-0.15, -0.1) is 0 Å². The van der Waals surface area contributed by atoms with Gasteiger partial charge in [0.1, 0.15) is 0 Å². The monoisotopic (exact) mass is 438 g/mol. The van der Waals surface area contributed by atoms with Crippen LogP contribution in [-0.2, 0) is 22.9 Å². The second kappa shape index (κ2) is 8.98. The van der Waals surface area contributed by atoms with E-state index in [1.165, 1.54) is 6.26 Å². The summed E-state index contributed by atoms with van der Waals surface area (Å²) in [6.45, 7) is 2.73. The zero-order valence-corrected chi connectivity index (χ0v) is 18.3. The van der Waals surface area contributed by atoms with Crippen molar-refractivity contribution in [3.63, 3.8) is 0 Å². The van der Waals surface area contributed by atoms with Crippen LogP contribution in [0.15, 0.2) is 70.2 Å². The Morgan fingerprint density at radius 3 is 2.65 bits per heavy atom. The number of carbonyl (C=O) groups excluding carboxylic acids is 1. The number of rotatable bonds is 7. The van der Waals surface area contributed by atoms with E-state index in [0.717, 1.165) is 48.9 Å². The quantitative estimate of drug-likeness (QED) is 0.562. The highest BCUT2D eigenvalue weighted by Crippen LogP contribution is 2.31. The Bertz CT molecular complexity index is 1150. The van der Waals surface area contributed by atoms with Crippen molar-refractivity contribution in [2.24, 2.45) is 0 Å². The molecule has 0 atom stereocenters. The zero-order chi connectivity index (χ0) is 21.8. The van der Waals surface area contributed by atoms with Crippen LogP contribution in [0.5, 0.6) is 0 Å². The van der Waals surface area contributed by atoms with E-state index in [2.05, 4.69) is 11.6 Å². The Balaban J connectivity index is 1.53. The van der Waals surface area contributed by atoms with Gasteiger partial charge in [-0.3, -0.25) is 9.52 Å². The molecule has 4 rings (SSSR count). The summed E-state index contributed by atoms with van der Waals surface area (Å²) in [6.07, 6.45) is 6.19. The highest BCUT2D eigenvalue weighted by Gasteiger charge is 2.26. The van der Waals surface area contributed by atoms with Gasteiger partial charge in [-0.1, -0.05) is 25.5 Å². The maximum Gasteiger partial charge on any atom is 0.293 e. The first-order chi connectivity index (χ1) is 15.0. The van der Waals surface area contributed by atoms with Crippen LogP contribution < -0.4 is 9.62 Å². The average Bonchev–Trinajstić information content (AvgIpc) is 3.31. The number of unbranched alkanes of at least 4 members (excludes halogenated alkanes) is 1. The van der Waals surface area contributed by atoms with Crippen LogP contribution in [0.3, 0.4) is 0 Å². The third-order valence-corrected chi connectivity index (χ3v) is 6.88. The van der Waals surface area contributed by atoms with E-state index in [0.29, 0.717) is 18.0 Å². The average molecular weight is 439 g/mol. The van der Waals surface area contributed by atoms with Gasteiger partial charge in [0, 0.05) is 17.9 Å². The lowest BCUT2D eigenvalue weighted by molar-refractivity contribution is 0.0958. The van der Waals surface area contributed by atoms with E-state index in [4.69, 9.17) is 4.42 Å². The molecule has 0 fully saturated rings. The van der Waals surface area contributed by atoms with Crippen LogP contribution in [-0.4, -0.2) is 20.9 Å². The topological polar surface area (TPSA) is 79.6 Å². The summed E-state index contributed by atoms with van der Waals surface area (Å²) < 4.78 is 33.6. The van der Waals surface area contributed by atoms with Gasteiger partial charge in [0.2, 0.25) is 0 Å². The van der Waals surface area contributed by atoms with Crippen molar-refractivity contribution in [1.82, 2.24) is 0 Å². The van der Waals surface area contributed by atoms with E-state index in [9.17, 15) is 13.2 Å². The number of amides is 1. The van der Waals surface area contributed by atoms with Crippen LogP contribution in [0.25, 0.3) is 0 Å². The molecule has 0 spiro atoms. The number of aryl methyl sites for hydroxylation is 2. The number of sulfonamides is 1. The lowest BCUT2D eigenvalue weighted by atomic mass is 10.0. The molecule has 162 valence electrons. The molecule has 2 heterocycles. The van der Waals surface area contributed by atoms with Gasteiger partial charge in [0.05, 0.1) is 11.2 Å². The fourth-order valence-corrected chi connectivity index (χ4v) is 4.88. The number of carbonyl (C=O) groups is 1. The summed E-state index contributed by atoms with van der Waals surface area (Å²) in [5.41, 5.74) is 3.34. The van der Waals surface area contributed by atoms with E-state index < -0.39 is 10.0 Å². The highest BCUT2D eigenvalue weighted by atomic mass is 32.2. The van der Waals surface area contributed by atoms with Crippen LogP contribution in [0.4, 0.5) is 11.4 Å². The Kier molecular flexibility index (Phi) is 6.13. The summed E-state index contributed by atoms with van der Waals surface area (Å²) in [5.74, 6) is 0.0995. The molecule has 1 N–H and O–H groups in total. The molecule has 31 heavy (non-hydrogen) atoms. The number of fused-ring (bicyclic) bond motifs is 1. The van der Waals surface area contributed by atoms with E-state index in [1.54, 1.807) is 41.3 Å². The molecular weight excluding hydrogens is 412 g/mol. The number of benzene rings is 2. The van der Waals surface area contributed by atoms with Gasteiger partial charge in [0.15, 0.2) is 5.76 Å². The fraction of sp³-hybridized carbons (Fsp3) is 0.292. The highest BCUT2D eigenvalue weighted by molar-refractivity contribution is 7.92. The number of nitrogens with zero attached hydrogens (tertiary/aromatic N) is 1. The number of nitrogens with one attached hydrogen (secondary N) is 1. The van der Waals surface area contributed by atoms with E-state index in [1.807, 2.05) is 18.2 Å². The Morgan fingerprint density at radius 2 is 1.94 bits per heavy atom. The molecule has 0 bridgehead atoms. The van der Waals surface area contributed by atoms with Gasteiger partial charge < -0.3 is 9.32 Å². The lowest BCUT2D eigenvalue weighted by Crippen LogP contribution is -2.35. The van der Waals surface area contributed by atoms with E-state index >= 15 is 0 Å². The molecule has 3 aromatic rings. The molecule has 2 aromatic carbocycles. The molecule has 1 aliphatic rings. The lowest BCUT2D eigenvalue weighted by Gasteiger charge is -2.29. The van der Waals surface area contributed by atoms with E-state index in [-0.39, 0.29) is 10.8 Å². The van der Waals surface area contributed by atoms with Crippen molar-refractivity contribution >= 4 is 27.3 Å². The van der Waals surface area contributed by atoms with Crippen molar-refractivity contribution in [2.75, 3.05) is 16.2 Å². The van der Waals surface area contributed by atoms with Gasteiger partial charge >= 0.3 is 0 Å².